The Labute approximate surface area is 111 Å². The smallest absolute Gasteiger partial charge is 0.335 e. The summed E-state index contributed by atoms with van der Waals surface area (Å²) in [6, 6.07) is 6.53. The van der Waals surface area contributed by atoms with Crippen LogP contribution in [0.15, 0.2) is 24.3 Å². The lowest BCUT2D eigenvalue weighted by atomic mass is 10.2. The highest BCUT2D eigenvalue weighted by molar-refractivity contribution is 5.87. The molecule has 1 atom stereocenters. The van der Waals surface area contributed by atoms with Crippen molar-refractivity contribution in [3.8, 4) is 5.75 Å². The Morgan fingerprint density at radius 1 is 1.42 bits per heavy atom. The van der Waals surface area contributed by atoms with Crippen molar-refractivity contribution in [2.75, 3.05) is 13.2 Å². The van der Waals surface area contributed by atoms with Crippen LogP contribution in [-0.2, 0) is 4.79 Å². The number of aromatic carboxylic acids is 1. The number of hydrogen-bond acceptors (Lipinski definition) is 3. The van der Waals surface area contributed by atoms with Crippen LogP contribution in [0.4, 0.5) is 0 Å². The molecule has 0 aliphatic carbocycles. The molecule has 2 rings (SSSR count). The molecule has 1 aromatic carbocycles. The van der Waals surface area contributed by atoms with E-state index in [-0.39, 0.29) is 17.5 Å². The van der Waals surface area contributed by atoms with Crippen LogP contribution in [0.3, 0.4) is 0 Å². The molecule has 1 N–H and O–H groups in total. The van der Waals surface area contributed by atoms with Crippen LogP contribution in [0.25, 0.3) is 0 Å². The molecule has 1 aromatic rings. The molecule has 1 aliphatic rings. The zero-order valence-corrected chi connectivity index (χ0v) is 10.8. The number of nitrogens with zero attached hydrogens (tertiary/aromatic N) is 1. The quantitative estimate of drug-likeness (QED) is 0.879. The van der Waals surface area contributed by atoms with Crippen LogP contribution in [0.1, 0.15) is 30.1 Å². The second-order valence-electron chi connectivity index (χ2n) is 4.65. The SMILES string of the molecule is CC1CCC(=O)N1CCOc1ccc(C(=O)O)cc1. The van der Waals surface area contributed by atoms with Crippen LogP contribution in [-0.4, -0.2) is 41.1 Å². The molecule has 0 radical (unpaired) electrons. The zero-order valence-electron chi connectivity index (χ0n) is 10.8. The van der Waals surface area contributed by atoms with Gasteiger partial charge in [0.2, 0.25) is 5.91 Å². The molecule has 1 fully saturated rings. The van der Waals surface area contributed by atoms with Crippen molar-refractivity contribution >= 4 is 11.9 Å². The Bertz CT molecular complexity index is 469. The van der Waals surface area contributed by atoms with Gasteiger partial charge in [-0.1, -0.05) is 0 Å². The molecule has 19 heavy (non-hydrogen) atoms. The van der Waals surface area contributed by atoms with Crippen molar-refractivity contribution in [3.63, 3.8) is 0 Å². The number of amides is 1. The minimum absolute atomic E-state index is 0.178. The van der Waals surface area contributed by atoms with E-state index >= 15 is 0 Å². The summed E-state index contributed by atoms with van der Waals surface area (Å²) in [6.07, 6.45) is 1.53. The maximum Gasteiger partial charge on any atom is 0.335 e. The van der Waals surface area contributed by atoms with Crippen molar-refractivity contribution in [3.05, 3.63) is 29.8 Å². The first-order chi connectivity index (χ1) is 9.08. The first kappa shape index (κ1) is 13.4. The molecular weight excluding hydrogens is 246 g/mol. The van der Waals surface area contributed by atoms with Gasteiger partial charge in [0.25, 0.3) is 0 Å². The molecule has 102 valence electrons. The lowest BCUT2D eigenvalue weighted by Crippen LogP contribution is -2.34. The van der Waals surface area contributed by atoms with E-state index in [2.05, 4.69) is 0 Å². The Hall–Kier alpha value is -2.04. The van der Waals surface area contributed by atoms with Crippen molar-refractivity contribution in [1.29, 1.82) is 0 Å². The maximum atomic E-state index is 11.6. The summed E-state index contributed by atoms with van der Waals surface area (Å²) < 4.78 is 5.51. The molecule has 1 saturated heterocycles. The Balaban J connectivity index is 1.82. The van der Waals surface area contributed by atoms with Gasteiger partial charge in [-0.15, -0.1) is 0 Å². The van der Waals surface area contributed by atoms with Crippen molar-refractivity contribution in [2.45, 2.75) is 25.8 Å². The molecule has 1 unspecified atom stereocenters. The van der Waals surface area contributed by atoms with Crippen LogP contribution < -0.4 is 4.74 Å². The Kier molecular flexibility index (Phi) is 4.04. The van der Waals surface area contributed by atoms with Gasteiger partial charge < -0.3 is 14.7 Å². The highest BCUT2D eigenvalue weighted by Crippen LogP contribution is 2.18. The highest BCUT2D eigenvalue weighted by Gasteiger charge is 2.26. The largest absolute Gasteiger partial charge is 0.492 e. The van der Waals surface area contributed by atoms with E-state index in [1.165, 1.54) is 12.1 Å². The average Bonchev–Trinajstić information content (AvgIpc) is 2.71. The molecule has 5 nitrogen and oxygen atoms in total. The van der Waals surface area contributed by atoms with Gasteiger partial charge in [-0.25, -0.2) is 4.79 Å². The summed E-state index contributed by atoms with van der Waals surface area (Å²) in [7, 11) is 0. The Morgan fingerprint density at radius 2 is 2.11 bits per heavy atom. The fourth-order valence-electron chi connectivity index (χ4n) is 2.18. The molecule has 0 bridgehead atoms. The number of hydrogen-bond donors (Lipinski definition) is 1. The number of benzene rings is 1. The van der Waals surface area contributed by atoms with Gasteiger partial charge in [-0.05, 0) is 37.6 Å². The average molecular weight is 263 g/mol. The number of carbonyl (C=O) groups excluding carboxylic acids is 1. The minimum Gasteiger partial charge on any atom is -0.492 e. The van der Waals surface area contributed by atoms with Crippen LogP contribution in [0.2, 0.25) is 0 Å². The predicted octanol–water partition coefficient (Wildman–Crippen LogP) is 1.77. The van der Waals surface area contributed by atoms with Gasteiger partial charge >= 0.3 is 5.97 Å². The molecule has 1 amide bonds. The number of rotatable bonds is 5. The van der Waals surface area contributed by atoms with Gasteiger partial charge in [0, 0.05) is 12.5 Å². The summed E-state index contributed by atoms with van der Waals surface area (Å²) in [5, 5.41) is 8.77. The van der Waals surface area contributed by atoms with E-state index in [0.29, 0.717) is 25.3 Å². The number of carboxylic acids is 1. The van der Waals surface area contributed by atoms with E-state index in [0.717, 1.165) is 6.42 Å². The van der Waals surface area contributed by atoms with Gasteiger partial charge in [0.05, 0.1) is 12.1 Å². The van der Waals surface area contributed by atoms with Gasteiger partial charge in [0.1, 0.15) is 12.4 Å². The van der Waals surface area contributed by atoms with Crippen molar-refractivity contribution in [2.24, 2.45) is 0 Å². The van der Waals surface area contributed by atoms with Crippen molar-refractivity contribution < 1.29 is 19.4 Å². The third-order valence-corrected chi connectivity index (χ3v) is 3.33. The molecule has 5 heteroatoms. The summed E-state index contributed by atoms with van der Waals surface area (Å²) in [4.78, 5) is 24.1. The molecule has 0 saturated carbocycles. The second-order valence-corrected chi connectivity index (χ2v) is 4.65. The number of ether oxygens (including phenoxy) is 1. The highest BCUT2D eigenvalue weighted by atomic mass is 16.5. The molecule has 0 spiro atoms. The van der Waals surface area contributed by atoms with E-state index in [1.807, 2.05) is 11.8 Å². The lowest BCUT2D eigenvalue weighted by molar-refractivity contribution is -0.129. The second kappa shape index (κ2) is 5.73. The summed E-state index contributed by atoms with van der Waals surface area (Å²) >= 11 is 0. The molecule has 1 aliphatic heterocycles. The normalized spacial score (nSPS) is 18.7. The maximum absolute atomic E-state index is 11.6. The molecule has 0 aromatic heterocycles. The first-order valence-corrected chi connectivity index (χ1v) is 6.33. The van der Waals surface area contributed by atoms with E-state index < -0.39 is 5.97 Å². The minimum atomic E-state index is -0.956. The fourth-order valence-corrected chi connectivity index (χ4v) is 2.18. The fraction of sp³-hybridized carbons (Fsp3) is 0.429. The summed E-state index contributed by atoms with van der Waals surface area (Å²) in [5.74, 6) is -0.162. The Morgan fingerprint density at radius 3 is 2.63 bits per heavy atom. The summed E-state index contributed by atoms with van der Waals surface area (Å²) in [6.45, 7) is 3.02. The third-order valence-electron chi connectivity index (χ3n) is 3.33. The first-order valence-electron chi connectivity index (χ1n) is 6.33. The lowest BCUT2D eigenvalue weighted by Gasteiger charge is -2.21. The topological polar surface area (TPSA) is 66.8 Å². The molecular formula is C14H17NO4. The van der Waals surface area contributed by atoms with E-state index in [4.69, 9.17) is 9.84 Å². The molecule has 1 heterocycles. The van der Waals surface area contributed by atoms with E-state index in [1.54, 1.807) is 12.1 Å². The standard InChI is InChI=1S/C14H17NO4/c1-10-2-7-13(16)15(10)8-9-19-12-5-3-11(4-6-12)14(17)18/h3-6,10H,2,7-9H2,1H3,(H,17,18). The van der Waals surface area contributed by atoms with Crippen molar-refractivity contribution in [1.82, 2.24) is 4.90 Å². The number of carbonyl (C=O) groups is 2. The van der Waals surface area contributed by atoms with Gasteiger partial charge in [-0.3, -0.25) is 4.79 Å². The van der Waals surface area contributed by atoms with E-state index in [9.17, 15) is 9.59 Å². The summed E-state index contributed by atoms with van der Waals surface area (Å²) in [5.41, 5.74) is 0.232. The van der Waals surface area contributed by atoms with Gasteiger partial charge in [-0.2, -0.15) is 0 Å². The zero-order chi connectivity index (χ0) is 13.8. The van der Waals surface area contributed by atoms with Crippen LogP contribution in [0.5, 0.6) is 5.75 Å². The number of likely N-dealkylation sites (tertiary alicyclic amines) is 1. The van der Waals surface area contributed by atoms with Crippen LogP contribution in [0, 0.1) is 0 Å². The monoisotopic (exact) mass is 263 g/mol. The van der Waals surface area contributed by atoms with Crippen LogP contribution >= 0.6 is 0 Å². The third kappa shape index (κ3) is 3.24. The van der Waals surface area contributed by atoms with Gasteiger partial charge in [0.15, 0.2) is 0 Å². The predicted molar refractivity (Wildman–Crippen MR) is 69.3 cm³/mol. The number of carboxylic acid groups (broad SMARTS) is 1.